The largest absolute Gasteiger partial charge is 0.343 e. The van der Waals surface area contributed by atoms with E-state index in [0.29, 0.717) is 0 Å². The molecule has 0 saturated carbocycles. The Balaban J connectivity index is 0. The second kappa shape index (κ2) is 12.1. The van der Waals surface area contributed by atoms with Crippen molar-refractivity contribution in [1.29, 1.82) is 0 Å². The van der Waals surface area contributed by atoms with Crippen LogP contribution >= 0.6 is 0 Å². The van der Waals surface area contributed by atoms with E-state index in [0.717, 1.165) is 13.0 Å². The van der Waals surface area contributed by atoms with Gasteiger partial charge in [-0.2, -0.15) is 12.0 Å². The predicted molar refractivity (Wildman–Crippen MR) is 39.2 cm³/mol. The Morgan fingerprint density at radius 3 is 2.40 bits per heavy atom. The molecule has 10 heavy (non-hydrogen) atoms. The molecule has 1 radical (unpaired) electrons. The van der Waals surface area contributed by atoms with Crippen LogP contribution in [0.3, 0.4) is 0 Å². The SMILES string of the molecule is [CH2-]CCCCCNNN.[Mn]. The van der Waals surface area contributed by atoms with E-state index in [2.05, 4.69) is 17.9 Å². The molecule has 3 nitrogen and oxygen atoms in total. The average Bonchev–Trinajstić information content (AvgIpc) is 1.89. The number of hydrogen-bond acceptors (Lipinski definition) is 3. The fourth-order valence-electron chi connectivity index (χ4n) is 0.639. The van der Waals surface area contributed by atoms with Crippen molar-refractivity contribution in [2.24, 2.45) is 5.84 Å². The maximum Gasteiger partial charge on any atom is 0.0113 e. The van der Waals surface area contributed by atoms with Gasteiger partial charge in [-0.15, -0.1) is 0 Å². The van der Waals surface area contributed by atoms with Gasteiger partial charge in [0.05, 0.1) is 0 Å². The molecule has 0 aromatic heterocycles. The van der Waals surface area contributed by atoms with Crippen molar-refractivity contribution in [3.63, 3.8) is 0 Å². The first-order valence-corrected chi connectivity index (χ1v) is 3.39. The molecule has 0 amide bonds. The second-order valence-electron chi connectivity index (χ2n) is 1.99. The van der Waals surface area contributed by atoms with Crippen LogP contribution in [0.4, 0.5) is 0 Å². The van der Waals surface area contributed by atoms with Gasteiger partial charge in [0, 0.05) is 23.6 Å². The molecular weight excluding hydrogens is 169 g/mol. The molecule has 0 aliphatic rings. The van der Waals surface area contributed by atoms with Crippen molar-refractivity contribution < 1.29 is 17.1 Å². The third-order valence-electron chi connectivity index (χ3n) is 1.15. The van der Waals surface area contributed by atoms with E-state index in [4.69, 9.17) is 5.84 Å². The van der Waals surface area contributed by atoms with Gasteiger partial charge in [0.25, 0.3) is 0 Å². The Morgan fingerprint density at radius 2 is 1.90 bits per heavy atom. The third-order valence-corrected chi connectivity index (χ3v) is 1.15. The van der Waals surface area contributed by atoms with Crippen LogP contribution < -0.4 is 16.8 Å². The zero-order chi connectivity index (χ0) is 6.95. The molecule has 0 aromatic rings. The molecule has 0 aliphatic heterocycles. The standard InChI is InChI=1S/C6H16N3.Mn/c1-2-3-4-5-6-8-9-7;/h8-9H,1-7H2;/q-1;. The Labute approximate surface area is 73.5 Å². The van der Waals surface area contributed by atoms with Crippen LogP contribution in [-0.4, -0.2) is 6.54 Å². The average molecular weight is 185 g/mol. The van der Waals surface area contributed by atoms with Gasteiger partial charge in [-0.1, -0.05) is 12.8 Å². The topological polar surface area (TPSA) is 50.1 Å². The van der Waals surface area contributed by atoms with Crippen molar-refractivity contribution >= 4 is 0 Å². The molecule has 0 aliphatic carbocycles. The van der Waals surface area contributed by atoms with Crippen molar-refractivity contribution in [1.82, 2.24) is 11.0 Å². The fourth-order valence-corrected chi connectivity index (χ4v) is 0.639. The fraction of sp³-hybridized carbons (Fsp3) is 0.833. The van der Waals surface area contributed by atoms with Crippen LogP contribution in [0.5, 0.6) is 0 Å². The molecule has 0 heterocycles. The molecule has 0 aromatic carbocycles. The van der Waals surface area contributed by atoms with Gasteiger partial charge in [-0.3, -0.25) is 5.84 Å². The minimum Gasteiger partial charge on any atom is -0.343 e. The minimum atomic E-state index is 0. The molecule has 4 heteroatoms. The maximum atomic E-state index is 4.97. The Kier molecular flexibility index (Phi) is 15.8. The first-order valence-electron chi connectivity index (χ1n) is 3.39. The van der Waals surface area contributed by atoms with Crippen LogP contribution in [0.25, 0.3) is 0 Å². The zero-order valence-corrected chi connectivity index (χ0v) is 7.38. The molecule has 0 saturated heterocycles. The summed E-state index contributed by atoms with van der Waals surface area (Å²) in [5.41, 5.74) is 5.19. The van der Waals surface area contributed by atoms with E-state index in [-0.39, 0.29) is 17.1 Å². The number of nitrogens with one attached hydrogen (secondary N) is 2. The van der Waals surface area contributed by atoms with Gasteiger partial charge in [-0.25, -0.2) is 5.43 Å². The Bertz CT molecular complexity index is 46.3. The van der Waals surface area contributed by atoms with Crippen molar-refractivity contribution in [2.75, 3.05) is 6.54 Å². The monoisotopic (exact) mass is 185 g/mol. The number of nitrogens with two attached hydrogens (primary N) is 1. The van der Waals surface area contributed by atoms with Gasteiger partial charge in [0.2, 0.25) is 0 Å². The van der Waals surface area contributed by atoms with Gasteiger partial charge in [-0.05, 0) is 6.42 Å². The summed E-state index contributed by atoms with van der Waals surface area (Å²) in [6, 6.07) is 0. The van der Waals surface area contributed by atoms with Crippen LogP contribution in [0.15, 0.2) is 0 Å². The zero-order valence-electron chi connectivity index (χ0n) is 6.20. The smallest absolute Gasteiger partial charge is 0.0113 e. The molecule has 0 bridgehead atoms. The van der Waals surface area contributed by atoms with E-state index in [1.165, 1.54) is 19.3 Å². The van der Waals surface area contributed by atoms with Gasteiger partial charge < -0.3 is 6.92 Å². The summed E-state index contributed by atoms with van der Waals surface area (Å²) in [4.78, 5) is 0. The van der Waals surface area contributed by atoms with E-state index in [9.17, 15) is 0 Å². The van der Waals surface area contributed by atoms with Crippen LogP contribution in [0, 0.1) is 6.92 Å². The molecule has 4 N–H and O–H groups in total. The predicted octanol–water partition coefficient (Wildman–Crippen LogP) is 0.346. The molecule has 63 valence electrons. The van der Waals surface area contributed by atoms with Crippen molar-refractivity contribution in [3.8, 4) is 0 Å². The molecule has 0 unspecified atom stereocenters. The van der Waals surface area contributed by atoms with Gasteiger partial charge >= 0.3 is 0 Å². The summed E-state index contributed by atoms with van der Waals surface area (Å²) in [5.74, 6) is 4.97. The summed E-state index contributed by atoms with van der Waals surface area (Å²) < 4.78 is 0. The van der Waals surface area contributed by atoms with Crippen molar-refractivity contribution in [3.05, 3.63) is 6.92 Å². The number of hydrazine groups is 2. The van der Waals surface area contributed by atoms with E-state index >= 15 is 0 Å². The number of unbranched alkanes of at least 4 members (excludes halogenated alkanes) is 3. The summed E-state index contributed by atoms with van der Waals surface area (Å²) >= 11 is 0. The maximum absolute atomic E-state index is 4.97. The molecule has 0 fully saturated rings. The van der Waals surface area contributed by atoms with Gasteiger partial charge in [0.15, 0.2) is 0 Å². The van der Waals surface area contributed by atoms with Crippen LogP contribution in [0.1, 0.15) is 25.7 Å². The molecule has 0 atom stereocenters. The minimum absolute atomic E-state index is 0. The van der Waals surface area contributed by atoms with E-state index in [1.807, 2.05) is 0 Å². The first-order chi connectivity index (χ1) is 4.41. The van der Waals surface area contributed by atoms with Crippen molar-refractivity contribution in [2.45, 2.75) is 25.7 Å². The number of rotatable bonds is 6. The van der Waals surface area contributed by atoms with Gasteiger partial charge in [0.1, 0.15) is 0 Å². The third kappa shape index (κ3) is 11.2. The normalized spacial score (nSPS) is 9.00. The van der Waals surface area contributed by atoms with Crippen LogP contribution in [-0.2, 0) is 17.1 Å². The quantitative estimate of drug-likeness (QED) is 0.184. The first kappa shape index (κ1) is 13.0. The Hall–Kier alpha value is 0.399. The second-order valence-corrected chi connectivity index (χ2v) is 1.99. The Morgan fingerprint density at radius 1 is 1.20 bits per heavy atom. The summed E-state index contributed by atoms with van der Waals surface area (Å²) in [7, 11) is 0. The molecular formula is C6H16MnN3-. The summed E-state index contributed by atoms with van der Waals surface area (Å²) in [5, 5.41) is 0. The number of hydrogen-bond donors (Lipinski definition) is 3. The van der Waals surface area contributed by atoms with Crippen LogP contribution in [0.2, 0.25) is 0 Å². The summed E-state index contributed by atoms with van der Waals surface area (Å²) in [6.07, 6.45) is 4.65. The molecule has 0 spiro atoms. The summed E-state index contributed by atoms with van der Waals surface area (Å²) in [6.45, 7) is 4.68. The molecule has 0 rings (SSSR count). The van der Waals surface area contributed by atoms with E-state index < -0.39 is 0 Å². The van der Waals surface area contributed by atoms with E-state index in [1.54, 1.807) is 0 Å².